The lowest BCUT2D eigenvalue weighted by molar-refractivity contribution is 0.475. The first kappa shape index (κ1) is 15.9. The Labute approximate surface area is 149 Å². The molecule has 0 spiro atoms. The zero-order valence-electron chi connectivity index (χ0n) is 13.1. The van der Waals surface area contributed by atoms with Crippen molar-refractivity contribution in [3.63, 3.8) is 0 Å². The quantitative estimate of drug-likeness (QED) is 0.648. The van der Waals surface area contributed by atoms with Crippen LogP contribution in [0.25, 0.3) is 17.0 Å². The number of nitrogens with zero attached hydrogens (tertiary/aromatic N) is 1. The summed E-state index contributed by atoms with van der Waals surface area (Å²) in [4.78, 5) is 4.96. The summed E-state index contributed by atoms with van der Waals surface area (Å²) < 4.78 is 24.9. The molecule has 1 aliphatic rings. The Morgan fingerprint density at radius 1 is 1.16 bits per heavy atom. The third-order valence-corrected chi connectivity index (χ3v) is 6.37. The number of phenols is 1. The number of allylic oxidation sites excluding steroid dienone is 1. The van der Waals surface area contributed by atoms with Gasteiger partial charge in [0, 0.05) is 27.9 Å². The maximum atomic E-state index is 12.4. The first-order valence-electron chi connectivity index (χ1n) is 7.48. The summed E-state index contributed by atoms with van der Waals surface area (Å²) in [6.45, 7) is 1.59. The minimum absolute atomic E-state index is 0.00253. The third-order valence-electron chi connectivity index (χ3n) is 4.17. The van der Waals surface area contributed by atoms with E-state index in [0.717, 1.165) is 0 Å². The number of aromatic hydroxyl groups is 1. The largest absolute Gasteiger partial charge is 0.506 e. The summed E-state index contributed by atoms with van der Waals surface area (Å²) in [6, 6.07) is 9.95. The molecule has 5 nitrogen and oxygen atoms in total. The normalized spacial score (nSPS) is 15.0. The number of rotatable bonds is 2. The summed E-state index contributed by atoms with van der Waals surface area (Å²) >= 11 is 5.94. The van der Waals surface area contributed by atoms with E-state index in [1.165, 1.54) is 6.07 Å². The van der Waals surface area contributed by atoms with Gasteiger partial charge in [-0.15, -0.1) is 0 Å². The number of fused-ring (bicyclic) bond motifs is 2. The van der Waals surface area contributed by atoms with E-state index in [9.17, 15) is 13.5 Å². The number of phenolic OH excluding ortho intramolecular Hbond substituents is 1. The van der Waals surface area contributed by atoms with Gasteiger partial charge in [-0.1, -0.05) is 11.6 Å². The van der Waals surface area contributed by atoms with Crippen LogP contribution in [0.5, 0.6) is 5.75 Å². The number of nitrogens with one attached hydrogen (secondary N) is 1. The second-order valence-electron chi connectivity index (χ2n) is 5.82. The van der Waals surface area contributed by atoms with Crippen molar-refractivity contribution in [2.75, 3.05) is 5.32 Å². The summed E-state index contributed by atoms with van der Waals surface area (Å²) in [5, 5.41) is 13.6. The number of hydrogen-bond donors (Lipinski definition) is 2. The van der Waals surface area contributed by atoms with E-state index < -0.39 is 9.84 Å². The van der Waals surface area contributed by atoms with Gasteiger partial charge in [0.15, 0.2) is 0 Å². The molecule has 0 saturated heterocycles. The Hall–Kier alpha value is -2.57. The van der Waals surface area contributed by atoms with Crippen LogP contribution < -0.4 is 5.32 Å². The van der Waals surface area contributed by atoms with Crippen LogP contribution in [0.3, 0.4) is 0 Å². The standard InChI is InChI=1S/C18H13ClN2O3S/c1-10-6-11-7-16-13(9-18(11)25(10,23)24)15(4-5-20-16)21-12-2-3-17(22)14(19)8-12/h2-9,22H,1H3,(H,20,21). The third kappa shape index (κ3) is 2.54. The highest BCUT2D eigenvalue weighted by molar-refractivity contribution is 7.95. The lowest BCUT2D eigenvalue weighted by Gasteiger charge is -2.11. The van der Waals surface area contributed by atoms with E-state index in [2.05, 4.69) is 10.3 Å². The molecule has 0 radical (unpaired) electrons. The fourth-order valence-corrected chi connectivity index (χ4v) is 4.36. The highest BCUT2D eigenvalue weighted by Gasteiger charge is 2.27. The zero-order valence-corrected chi connectivity index (χ0v) is 14.7. The lowest BCUT2D eigenvalue weighted by atomic mass is 10.1. The number of anilines is 2. The molecule has 0 bridgehead atoms. The van der Waals surface area contributed by atoms with Gasteiger partial charge < -0.3 is 10.4 Å². The van der Waals surface area contributed by atoms with E-state index in [1.54, 1.807) is 49.5 Å². The minimum Gasteiger partial charge on any atom is -0.506 e. The van der Waals surface area contributed by atoms with Crippen LogP contribution in [0, 0.1) is 0 Å². The Morgan fingerprint density at radius 3 is 2.72 bits per heavy atom. The van der Waals surface area contributed by atoms with Crippen LogP contribution >= 0.6 is 11.6 Å². The molecule has 0 unspecified atom stereocenters. The van der Waals surface area contributed by atoms with Crippen molar-refractivity contribution in [2.45, 2.75) is 11.8 Å². The molecule has 0 atom stereocenters. The fourth-order valence-electron chi connectivity index (χ4n) is 2.85. The Balaban J connectivity index is 1.86. The Bertz CT molecular complexity index is 1170. The minimum atomic E-state index is -3.43. The molecule has 2 heterocycles. The van der Waals surface area contributed by atoms with Gasteiger partial charge in [-0.3, -0.25) is 4.98 Å². The van der Waals surface area contributed by atoms with Gasteiger partial charge in [0.05, 0.1) is 15.4 Å². The van der Waals surface area contributed by atoms with E-state index in [0.29, 0.717) is 32.7 Å². The average molecular weight is 373 g/mol. The van der Waals surface area contributed by atoms with Crippen molar-refractivity contribution in [1.82, 2.24) is 4.98 Å². The van der Waals surface area contributed by atoms with Gasteiger partial charge in [0.1, 0.15) is 5.75 Å². The Kier molecular flexibility index (Phi) is 3.49. The summed E-state index contributed by atoms with van der Waals surface area (Å²) in [6.07, 6.45) is 3.31. The molecule has 0 amide bonds. The second-order valence-corrected chi connectivity index (χ2v) is 8.31. The van der Waals surface area contributed by atoms with Gasteiger partial charge in [-0.05, 0) is 55.0 Å². The summed E-state index contributed by atoms with van der Waals surface area (Å²) in [5.74, 6) is -0.00253. The van der Waals surface area contributed by atoms with Gasteiger partial charge in [-0.2, -0.15) is 0 Å². The average Bonchev–Trinajstić information content (AvgIpc) is 2.79. The fraction of sp³-hybridized carbons (Fsp3) is 0.0556. The highest BCUT2D eigenvalue weighted by Crippen LogP contribution is 2.37. The Morgan fingerprint density at radius 2 is 1.96 bits per heavy atom. The van der Waals surface area contributed by atoms with Gasteiger partial charge in [0.25, 0.3) is 0 Å². The van der Waals surface area contributed by atoms with Crippen LogP contribution in [0.1, 0.15) is 12.5 Å². The lowest BCUT2D eigenvalue weighted by Crippen LogP contribution is -1.99. The van der Waals surface area contributed by atoms with Gasteiger partial charge in [-0.25, -0.2) is 8.42 Å². The molecule has 0 fully saturated rings. The SMILES string of the molecule is CC1=Cc2cc3nccc(Nc4ccc(O)c(Cl)c4)c3cc2S1(=O)=O. The van der Waals surface area contributed by atoms with E-state index in [4.69, 9.17) is 11.6 Å². The number of aromatic nitrogens is 1. The predicted molar refractivity (Wildman–Crippen MR) is 99.0 cm³/mol. The molecule has 1 aliphatic heterocycles. The number of hydrogen-bond acceptors (Lipinski definition) is 5. The van der Waals surface area contributed by atoms with Crippen LogP contribution in [-0.4, -0.2) is 18.5 Å². The summed E-state index contributed by atoms with van der Waals surface area (Å²) in [5.41, 5.74) is 2.72. The van der Waals surface area contributed by atoms with Crippen molar-refractivity contribution in [3.05, 3.63) is 58.1 Å². The van der Waals surface area contributed by atoms with Crippen LogP contribution in [-0.2, 0) is 9.84 Å². The molecule has 7 heteroatoms. The predicted octanol–water partition coefficient (Wildman–Crippen LogP) is 4.49. The van der Waals surface area contributed by atoms with E-state index in [-0.39, 0.29) is 15.7 Å². The van der Waals surface area contributed by atoms with Crippen molar-refractivity contribution >= 4 is 49.8 Å². The van der Waals surface area contributed by atoms with Crippen molar-refractivity contribution in [3.8, 4) is 5.75 Å². The van der Waals surface area contributed by atoms with Crippen molar-refractivity contribution < 1.29 is 13.5 Å². The molecule has 2 N–H and O–H groups in total. The number of benzene rings is 2. The van der Waals surface area contributed by atoms with Crippen molar-refractivity contribution in [2.24, 2.45) is 0 Å². The van der Waals surface area contributed by atoms with Crippen LogP contribution in [0.15, 0.2) is 52.4 Å². The molecule has 126 valence electrons. The summed E-state index contributed by atoms with van der Waals surface area (Å²) in [7, 11) is -3.43. The molecular formula is C18H13ClN2O3S. The maximum Gasteiger partial charge on any atom is 0.203 e. The molecular weight excluding hydrogens is 360 g/mol. The van der Waals surface area contributed by atoms with Crippen molar-refractivity contribution in [1.29, 1.82) is 0 Å². The van der Waals surface area contributed by atoms with Crippen LogP contribution in [0.4, 0.5) is 11.4 Å². The molecule has 2 aromatic carbocycles. The number of halogens is 1. The monoisotopic (exact) mass is 372 g/mol. The van der Waals surface area contributed by atoms with E-state index >= 15 is 0 Å². The smallest absolute Gasteiger partial charge is 0.203 e. The van der Waals surface area contributed by atoms with Crippen LogP contribution in [0.2, 0.25) is 5.02 Å². The molecule has 0 saturated carbocycles. The topological polar surface area (TPSA) is 79.3 Å². The number of pyridine rings is 1. The first-order valence-corrected chi connectivity index (χ1v) is 9.34. The molecule has 4 rings (SSSR count). The maximum absolute atomic E-state index is 12.4. The molecule has 3 aromatic rings. The highest BCUT2D eigenvalue weighted by atomic mass is 35.5. The number of sulfone groups is 1. The first-order chi connectivity index (χ1) is 11.9. The van der Waals surface area contributed by atoms with E-state index in [1.807, 2.05) is 0 Å². The van der Waals surface area contributed by atoms with Gasteiger partial charge >= 0.3 is 0 Å². The van der Waals surface area contributed by atoms with Gasteiger partial charge in [0.2, 0.25) is 9.84 Å². The molecule has 25 heavy (non-hydrogen) atoms. The molecule has 0 aliphatic carbocycles. The molecule has 1 aromatic heterocycles. The zero-order chi connectivity index (χ0) is 17.8. The second kappa shape index (κ2) is 5.47.